The third-order valence-electron chi connectivity index (χ3n) is 5.78. The van der Waals surface area contributed by atoms with E-state index in [1.54, 1.807) is 10.8 Å². The van der Waals surface area contributed by atoms with Gasteiger partial charge in [0.1, 0.15) is 11.3 Å². The van der Waals surface area contributed by atoms with Gasteiger partial charge in [0.25, 0.3) is 5.56 Å². The normalized spacial score (nSPS) is 17.6. The molecule has 0 amide bonds. The number of ether oxygens (including phenoxy) is 2. The van der Waals surface area contributed by atoms with Gasteiger partial charge in [0.2, 0.25) is 0 Å². The average Bonchev–Trinajstić information content (AvgIpc) is 3.15. The summed E-state index contributed by atoms with van der Waals surface area (Å²) >= 11 is 0. The van der Waals surface area contributed by atoms with Gasteiger partial charge in [0.05, 0.1) is 18.9 Å². The van der Waals surface area contributed by atoms with E-state index in [2.05, 4.69) is 9.88 Å². The third-order valence-corrected chi connectivity index (χ3v) is 5.78. The molecule has 1 saturated carbocycles. The molecule has 1 aliphatic heterocycles. The van der Waals surface area contributed by atoms with Gasteiger partial charge in [-0.1, -0.05) is 6.07 Å². The van der Waals surface area contributed by atoms with Crippen LogP contribution in [0, 0.1) is 0 Å². The van der Waals surface area contributed by atoms with Crippen LogP contribution in [0.1, 0.15) is 47.4 Å². The molecule has 7 heteroatoms. The molecule has 0 saturated heterocycles. The quantitative estimate of drug-likeness (QED) is 0.722. The van der Waals surface area contributed by atoms with E-state index in [9.17, 15) is 9.59 Å². The van der Waals surface area contributed by atoms with Crippen molar-refractivity contribution in [1.29, 1.82) is 0 Å². The number of pyridine rings is 2. The van der Waals surface area contributed by atoms with Crippen molar-refractivity contribution >= 4 is 5.97 Å². The van der Waals surface area contributed by atoms with E-state index in [0.29, 0.717) is 43.1 Å². The van der Waals surface area contributed by atoms with E-state index in [1.807, 2.05) is 18.2 Å². The van der Waals surface area contributed by atoms with E-state index in [0.717, 1.165) is 37.9 Å². The Labute approximate surface area is 170 Å². The zero-order valence-corrected chi connectivity index (χ0v) is 16.8. The van der Waals surface area contributed by atoms with Gasteiger partial charge in [-0.3, -0.25) is 14.7 Å². The van der Waals surface area contributed by atoms with Gasteiger partial charge in [-0.05, 0) is 37.8 Å². The Morgan fingerprint density at radius 1 is 1.21 bits per heavy atom. The lowest BCUT2D eigenvalue weighted by molar-refractivity contribution is 0.0590. The smallest absolute Gasteiger partial charge is 0.343 e. The molecule has 0 unspecified atom stereocenters. The van der Waals surface area contributed by atoms with Crippen LogP contribution in [0.25, 0.3) is 0 Å². The molecule has 2 aromatic heterocycles. The molecular formula is C22H27N3O4. The van der Waals surface area contributed by atoms with Crippen LogP contribution < -0.4 is 10.3 Å². The lowest BCUT2D eigenvalue weighted by Gasteiger charge is -2.20. The Morgan fingerprint density at radius 3 is 2.76 bits per heavy atom. The molecule has 7 nitrogen and oxygen atoms in total. The lowest BCUT2D eigenvalue weighted by atomic mass is 10.1. The van der Waals surface area contributed by atoms with Gasteiger partial charge >= 0.3 is 5.97 Å². The Hall–Kier alpha value is -2.67. The van der Waals surface area contributed by atoms with Gasteiger partial charge in [0, 0.05) is 50.6 Å². The summed E-state index contributed by atoms with van der Waals surface area (Å²) in [5, 5.41) is 0. The molecule has 4 rings (SSSR count). The summed E-state index contributed by atoms with van der Waals surface area (Å²) < 4.78 is 12.9. The maximum atomic E-state index is 12.8. The van der Waals surface area contributed by atoms with Crippen molar-refractivity contribution in [2.24, 2.45) is 0 Å². The highest BCUT2D eigenvalue weighted by atomic mass is 16.5. The lowest BCUT2D eigenvalue weighted by Crippen LogP contribution is -2.29. The van der Waals surface area contributed by atoms with E-state index in [1.165, 1.54) is 13.2 Å². The molecule has 1 fully saturated rings. The first kappa shape index (κ1) is 19.6. The second-order valence-corrected chi connectivity index (χ2v) is 7.68. The molecule has 0 N–H and O–H groups in total. The summed E-state index contributed by atoms with van der Waals surface area (Å²) in [4.78, 5) is 32.1. The van der Waals surface area contributed by atoms with Crippen LogP contribution in [0.5, 0.6) is 5.75 Å². The van der Waals surface area contributed by atoms with Crippen molar-refractivity contribution in [3.63, 3.8) is 0 Å². The Bertz CT molecular complexity index is 920. The standard InChI is InChI=1S/C22H27N3O4/c1-28-22(27)21-18-9-11-24(15-16-6-4-5-10-23-16)12-13-25(18)20(26)14-19(21)29-17-7-2-3-8-17/h4-6,10,14,17H,2-3,7-9,11-13,15H2,1H3. The summed E-state index contributed by atoms with van der Waals surface area (Å²) in [6, 6.07) is 7.33. The largest absolute Gasteiger partial charge is 0.489 e. The minimum Gasteiger partial charge on any atom is -0.489 e. The van der Waals surface area contributed by atoms with Crippen molar-refractivity contribution < 1.29 is 14.3 Å². The van der Waals surface area contributed by atoms with Gasteiger partial charge < -0.3 is 14.0 Å². The molecular weight excluding hydrogens is 370 g/mol. The zero-order chi connectivity index (χ0) is 20.2. The van der Waals surface area contributed by atoms with Crippen LogP contribution in [0.2, 0.25) is 0 Å². The molecule has 2 aliphatic rings. The minimum absolute atomic E-state index is 0.0623. The van der Waals surface area contributed by atoms with Crippen LogP contribution in [-0.2, 0) is 24.2 Å². The van der Waals surface area contributed by atoms with Crippen molar-refractivity contribution in [2.75, 3.05) is 20.2 Å². The molecule has 0 radical (unpaired) electrons. The molecule has 0 aromatic carbocycles. The summed E-state index contributed by atoms with van der Waals surface area (Å²) in [7, 11) is 1.37. The highest BCUT2D eigenvalue weighted by molar-refractivity contribution is 5.93. The predicted molar refractivity (Wildman–Crippen MR) is 108 cm³/mol. The van der Waals surface area contributed by atoms with Crippen LogP contribution in [0.15, 0.2) is 35.3 Å². The maximum Gasteiger partial charge on any atom is 0.343 e. The molecule has 154 valence electrons. The first-order valence-electron chi connectivity index (χ1n) is 10.3. The van der Waals surface area contributed by atoms with Crippen LogP contribution in [0.3, 0.4) is 0 Å². The fourth-order valence-corrected chi connectivity index (χ4v) is 4.27. The number of rotatable bonds is 5. The second-order valence-electron chi connectivity index (χ2n) is 7.68. The number of hydrogen-bond donors (Lipinski definition) is 0. The Kier molecular flexibility index (Phi) is 5.94. The Morgan fingerprint density at radius 2 is 2.03 bits per heavy atom. The van der Waals surface area contributed by atoms with Gasteiger partial charge in [0.15, 0.2) is 0 Å². The van der Waals surface area contributed by atoms with E-state index < -0.39 is 5.97 Å². The summed E-state index contributed by atoms with van der Waals surface area (Å²) in [6.07, 6.45) is 6.57. The molecule has 0 bridgehead atoms. The first-order chi connectivity index (χ1) is 14.2. The molecule has 0 spiro atoms. The van der Waals surface area contributed by atoms with Crippen molar-refractivity contribution in [1.82, 2.24) is 14.5 Å². The molecule has 3 heterocycles. The monoisotopic (exact) mass is 397 g/mol. The topological polar surface area (TPSA) is 73.7 Å². The fraction of sp³-hybridized carbons (Fsp3) is 0.500. The number of esters is 1. The van der Waals surface area contributed by atoms with E-state index >= 15 is 0 Å². The molecule has 29 heavy (non-hydrogen) atoms. The van der Waals surface area contributed by atoms with Gasteiger partial charge in [-0.15, -0.1) is 0 Å². The van der Waals surface area contributed by atoms with Crippen molar-refractivity contribution in [3.8, 4) is 5.75 Å². The summed E-state index contributed by atoms with van der Waals surface area (Å²) in [5.74, 6) is -0.0712. The van der Waals surface area contributed by atoms with Crippen molar-refractivity contribution in [2.45, 2.75) is 51.3 Å². The number of hydrogen-bond acceptors (Lipinski definition) is 6. The number of carbonyl (C=O) groups excluding carboxylic acids is 1. The Balaban J connectivity index is 1.63. The van der Waals surface area contributed by atoms with E-state index in [-0.39, 0.29) is 11.7 Å². The number of aromatic nitrogens is 2. The highest BCUT2D eigenvalue weighted by Gasteiger charge is 2.28. The minimum atomic E-state index is -0.445. The van der Waals surface area contributed by atoms with Crippen LogP contribution >= 0.6 is 0 Å². The number of nitrogens with zero attached hydrogens (tertiary/aromatic N) is 3. The zero-order valence-electron chi connectivity index (χ0n) is 16.8. The van der Waals surface area contributed by atoms with Crippen LogP contribution in [0.4, 0.5) is 0 Å². The van der Waals surface area contributed by atoms with Crippen LogP contribution in [-0.4, -0.2) is 46.7 Å². The maximum absolute atomic E-state index is 12.8. The predicted octanol–water partition coefficient (Wildman–Crippen LogP) is 2.41. The SMILES string of the molecule is COC(=O)c1c(OC2CCCC2)cc(=O)n2c1CCN(Cc1ccccn1)CC2. The third kappa shape index (κ3) is 4.34. The molecule has 2 aromatic rings. The number of fused-ring (bicyclic) bond motifs is 1. The van der Waals surface area contributed by atoms with Crippen molar-refractivity contribution in [3.05, 3.63) is 57.8 Å². The molecule has 1 aliphatic carbocycles. The van der Waals surface area contributed by atoms with Gasteiger partial charge in [-0.2, -0.15) is 0 Å². The fourth-order valence-electron chi connectivity index (χ4n) is 4.27. The van der Waals surface area contributed by atoms with Gasteiger partial charge in [-0.25, -0.2) is 4.79 Å². The average molecular weight is 397 g/mol. The first-order valence-corrected chi connectivity index (χ1v) is 10.3. The second kappa shape index (κ2) is 8.78. The highest BCUT2D eigenvalue weighted by Crippen LogP contribution is 2.29. The summed E-state index contributed by atoms with van der Waals surface area (Å²) in [5.41, 5.74) is 1.98. The number of methoxy groups -OCH3 is 1. The summed E-state index contributed by atoms with van der Waals surface area (Å²) in [6.45, 7) is 2.68. The van der Waals surface area contributed by atoms with E-state index in [4.69, 9.17) is 9.47 Å². The molecule has 0 atom stereocenters. The number of carbonyl (C=O) groups is 1.